The summed E-state index contributed by atoms with van der Waals surface area (Å²) in [6.45, 7) is 2.64. The lowest BCUT2D eigenvalue weighted by Crippen LogP contribution is -1.93. The van der Waals surface area contributed by atoms with Crippen LogP contribution in [-0.2, 0) is 0 Å². The van der Waals surface area contributed by atoms with Gasteiger partial charge in [0, 0.05) is 18.0 Å². The Balaban J connectivity index is 2.14. The summed E-state index contributed by atoms with van der Waals surface area (Å²) in [6, 6.07) is 16.4. The first kappa shape index (κ1) is 12.5. The van der Waals surface area contributed by atoms with E-state index in [9.17, 15) is 0 Å². The minimum absolute atomic E-state index is 0.655. The van der Waals surface area contributed by atoms with Gasteiger partial charge in [-0.05, 0) is 36.2 Å². The molecule has 0 aliphatic carbocycles. The van der Waals surface area contributed by atoms with Crippen molar-refractivity contribution in [2.75, 3.05) is 6.61 Å². The third-order valence-corrected chi connectivity index (χ3v) is 3.14. The van der Waals surface area contributed by atoms with Gasteiger partial charge in [-0.15, -0.1) is 0 Å². The zero-order valence-electron chi connectivity index (χ0n) is 11.3. The number of aromatic amines is 1. The van der Waals surface area contributed by atoms with Crippen LogP contribution >= 0.6 is 0 Å². The quantitative estimate of drug-likeness (QED) is 0.769. The Morgan fingerprint density at radius 3 is 2.60 bits per heavy atom. The Bertz CT molecular complexity index is 675. The van der Waals surface area contributed by atoms with Crippen LogP contribution in [0.5, 0.6) is 5.75 Å². The van der Waals surface area contributed by atoms with E-state index in [-0.39, 0.29) is 0 Å². The lowest BCUT2D eigenvalue weighted by Gasteiger charge is -2.11. The Kier molecular flexibility index (Phi) is 3.50. The van der Waals surface area contributed by atoms with E-state index in [1.165, 1.54) is 5.56 Å². The molecule has 20 heavy (non-hydrogen) atoms. The zero-order valence-corrected chi connectivity index (χ0v) is 11.3. The molecule has 0 spiro atoms. The maximum atomic E-state index is 5.59. The molecule has 2 aromatic carbocycles. The fourth-order valence-corrected chi connectivity index (χ4v) is 2.26. The van der Waals surface area contributed by atoms with Crippen molar-refractivity contribution < 1.29 is 4.74 Å². The second-order valence-corrected chi connectivity index (χ2v) is 4.44. The number of nitrogens with zero attached hydrogens (tertiary/aromatic N) is 1. The molecule has 1 aromatic heterocycles. The van der Waals surface area contributed by atoms with Crippen molar-refractivity contribution in [3.8, 4) is 28.3 Å². The van der Waals surface area contributed by atoms with Gasteiger partial charge in [0.15, 0.2) is 0 Å². The largest absolute Gasteiger partial charge is 0.494 e. The lowest BCUT2D eigenvalue weighted by atomic mass is 9.99. The monoisotopic (exact) mass is 264 g/mol. The summed E-state index contributed by atoms with van der Waals surface area (Å²) < 4.78 is 5.59. The van der Waals surface area contributed by atoms with Crippen molar-refractivity contribution in [1.82, 2.24) is 9.97 Å². The standard InChI is InChI=1S/C17H16N2O/c1-2-20-14-8-9-15(13-6-4-3-5-7-13)16(12-14)17-18-10-11-19-17/h3-12H,2H2,1H3,(H,18,19). The van der Waals surface area contributed by atoms with Gasteiger partial charge in [0.1, 0.15) is 11.6 Å². The maximum absolute atomic E-state index is 5.59. The Morgan fingerprint density at radius 2 is 1.90 bits per heavy atom. The maximum Gasteiger partial charge on any atom is 0.138 e. The van der Waals surface area contributed by atoms with E-state index in [0.717, 1.165) is 22.7 Å². The fourth-order valence-electron chi connectivity index (χ4n) is 2.26. The van der Waals surface area contributed by atoms with Gasteiger partial charge in [0.25, 0.3) is 0 Å². The van der Waals surface area contributed by atoms with Gasteiger partial charge in [-0.25, -0.2) is 4.98 Å². The summed E-state index contributed by atoms with van der Waals surface area (Å²) in [5, 5.41) is 0. The molecular weight excluding hydrogens is 248 g/mol. The summed E-state index contributed by atoms with van der Waals surface area (Å²) in [6.07, 6.45) is 3.59. The van der Waals surface area contributed by atoms with E-state index in [1.807, 2.05) is 43.5 Å². The number of hydrogen-bond donors (Lipinski definition) is 1. The topological polar surface area (TPSA) is 37.9 Å². The number of rotatable bonds is 4. The smallest absolute Gasteiger partial charge is 0.138 e. The van der Waals surface area contributed by atoms with Crippen LogP contribution < -0.4 is 4.74 Å². The van der Waals surface area contributed by atoms with Crippen molar-refractivity contribution in [2.45, 2.75) is 6.92 Å². The minimum atomic E-state index is 0.655. The third-order valence-electron chi connectivity index (χ3n) is 3.14. The van der Waals surface area contributed by atoms with Crippen LogP contribution in [0.1, 0.15) is 6.92 Å². The molecule has 0 aliphatic heterocycles. The van der Waals surface area contributed by atoms with E-state index in [2.05, 4.69) is 28.2 Å². The van der Waals surface area contributed by atoms with Crippen molar-refractivity contribution >= 4 is 0 Å². The number of H-pyrrole nitrogens is 1. The van der Waals surface area contributed by atoms with Crippen molar-refractivity contribution in [3.05, 3.63) is 60.9 Å². The Labute approximate surface area is 118 Å². The van der Waals surface area contributed by atoms with Crippen LogP contribution in [0.25, 0.3) is 22.5 Å². The SMILES string of the molecule is CCOc1ccc(-c2ccccc2)c(-c2ncc[nH]2)c1. The Morgan fingerprint density at radius 1 is 1.05 bits per heavy atom. The molecule has 0 saturated carbocycles. The third kappa shape index (κ3) is 2.43. The molecule has 0 aliphatic rings. The average Bonchev–Trinajstić information content (AvgIpc) is 3.03. The van der Waals surface area contributed by atoms with Crippen LogP contribution in [0.15, 0.2) is 60.9 Å². The summed E-state index contributed by atoms with van der Waals surface area (Å²) in [5.74, 6) is 1.71. The molecular formula is C17H16N2O. The highest BCUT2D eigenvalue weighted by Gasteiger charge is 2.10. The van der Waals surface area contributed by atoms with Crippen LogP contribution in [0.3, 0.4) is 0 Å². The van der Waals surface area contributed by atoms with E-state index in [4.69, 9.17) is 4.74 Å². The van der Waals surface area contributed by atoms with Gasteiger partial charge in [0.2, 0.25) is 0 Å². The van der Waals surface area contributed by atoms with Gasteiger partial charge in [-0.1, -0.05) is 30.3 Å². The number of hydrogen-bond acceptors (Lipinski definition) is 2. The first-order valence-corrected chi connectivity index (χ1v) is 6.70. The molecule has 0 unspecified atom stereocenters. The molecule has 100 valence electrons. The first-order valence-electron chi connectivity index (χ1n) is 6.70. The molecule has 1 N–H and O–H groups in total. The highest BCUT2D eigenvalue weighted by molar-refractivity contribution is 5.81. The fraction of sp³-hybridized carbons (Fsp3) is 0.118. The normalized spacial score (nSPS) is 10.4. The molecule has 0 radical (unpaired) electrons. The lowest BCUT2D eigenvalue weighted by molar-refractivity contribution is 0.340. The number of nitrogens with one attached hydrogen (secondary N) is 1. The van der Waals surface area contributed by atoms with Gasteiger partial charge < -0.3 is 9.72 Å². The predicted molar refractivity (Wildman–Crippen MR) is 80.6 cm³/mol. The Hall–Kier alpha value is -2.55. The number of benzene rings is 2. The van der Waals surface area contributed by atoms with Crippen molar-refractivity contribution in [1.29, 1.82) is 0 Å². The van der Waals surface area contributed by atoms with Crippen LogP contribution in [0.2, 0.25) is 0 Å². The zero-order chi connectivity index (χ0) is 13.8. The van der Waals surface area contributed by atoms with Crippen molar-refractivity contribution in [3.63, 3.8) is 0 Å². The minimum Gasteiger partial charge on any atom is -0.494 e. The van der Waals surface area contributed by atoms with Crippen LogP contribution in [0.4, 0.5) is 0 Å². The highest BCUT2D eigenvalue weighted by Crippen LogP contribution is 2.33. The van der Waals surface area contributed by atoms with Crippen molar-refractivity contribution in [2.24, 2.45) is 0 Å². The number of imidazole rings is 1. The molecule has 0 fully saturated rings. The van der Waals surface area contributed by atoms with Gasteiger partial charge >= 0.3 is 0 Å². The molecule has 0 saturated heterocycles. The summed E-state index contributed by atoms with van der Waals surface area (Å²) in [7, 11) is 0. The van der Waals surface area contributed by atoms with E-state index in [0.29, 0.717) is 6.61 Å². The van der Waals surface area contributed by atoms with E-state index < -0.39 is 0 Å². The van der Waals surface area contributed by atoms with Crippen LogP contribution in [-0.4, -0.2) is 16.6 Å². The molecule has 1 heterocycles. The average molecular weight is 264 g/mol. The molecule has 0 amide bonds. The van der Waals surface area contributed by atoms with E-state index >= 15 is 0 Å². The number of ether oxygens (including phenoxy) is 1. The molecule has 0 bridgehead atoms. The summed E-state index contributed by atoms with van der Waals surface area (Å²) in [5.41, 5.74) is 3.36. The summed E-state index contributed by atoms with van der Waals surface area (Å²) >= 11 is 0. The first-order chi connectivity index (χ1) is 9.88. The van der Waals surface area contributed by atoms with Gasteiger partial charge in [-0.2, -0.15) is 0 Å². The molecule has 3 aromatic rings. The van der Waals surface area contributed by atoms with Crippen LogP contribution in [0, 0.1) is 0 Å². The molecule has 0 atom stereocenters. The van der Waals surface area contributed by atoms with E-state index in [1.54, 1.807) is 6.20 Å². The second-order valence-electron chi connectivity index (χ2n) is 4.44. The summed E-state index contributed by atoms with van der Waals surface area (Å²) in [4.78, 5) is 7.53. The predicted octanol–water partition coefficient (Wildman–Crippen LogP) is 4.14. The van der Waals surface area contributed by atoms with Gasteiger partial charge in [-0.3, -0.25) is 0 Å². The molecule has 3 heteroatoms. The highest BCUT2D eigenvalue weighted by atomic mass is 16.5. The number of aromatic nitrogens is 2. The molecule has 3 nitrogen and oxygen atoms in total. The second kappa shape index (κ2) is 5.61. The van der Waals surface area contributed by atoms with Gasteiger partial charge in [0.05, 0.1) is 6.61 Å². The molecule has 3 rings (SSSR count).